The zero-order valence-electron chi connectivity index (χ0n) is 17.4. The van der Waals surface area contributed by atoms with E-state index in [1.165, 1.54) is 18.4 Å². The van der Waals surface area contributed by atoms with Crippen molar-refractivity contribution in [3.05, 3.63) is 42.2 Å². The highest BCUT2D eigenvalue weighted by Gasteiger charge is 2.22. The van der Waals surface area contributed by atoms with Crippen LogP contribution in [0.25, 0.3) is 11.3 Å². The molecule has 0 spiro atoms. The van der Waals surface area contributed by atoms with Crippen LogP contribution in [-0.2, 0) is 6.54 Å². The third kappa shape index (κ3) is 4.67. The number of amides is 2. The van der Waals surface area contributed by atoms with Crippen LogP contribution >= 0.6 is 0 Å². The maximum absolute atomic E-state index is 12.1. The number of carbonyl (C=O) groups is 1. The molecule has 2 saturated heterocycles. The van der Waals surface area contributed by atoms with Gasteiger partial charge in [-0.1, -0.05) is 24.3 Å². The zero-order chi connectivity index (χ0) is 20.2. The molecule has 29 heavy (non-hydrogen) atoms. The van der Waals surface area contributed by atoms with Gasteiger partial charge in [0, 0.05) is 65.5 Å². The fraction of sp³-hybridized carbons (Fsp3) is 0.500. The van der Waals surface area contributed by atoms with Gasteiger partial charge in [0.1, 0.15) is 5.82 Å². The number of urea groups is 1. The van der Waals surface area contributed by atoms with Gasteiger partial charge in [-0.25, -0.2) is 9.78 Å². The molecule has 2 aromatic rings. The van der Waals surface area contributed by atoms with Crippen LogP contribution in [0.15, 0.2) is 36.7 Å². The molecule has 7 nitrogen and oxygen atoms in total. The predicted octanol–water partition coefficient (Wildman–Crippen LogP) is 2.54. The SMILES string of the molecule is CN(C)C(=O)N1CCN(Cc2ccc(-c3cnc(N4CCCC4)cn3)cc2)CC1. The first-order valence-electron chi connectivity index (χ1n) is 10.4. The number of hydrogen-bond donors (Lipinski definition) is 0. The van der Waals surface area contributed by atoms with Crippen molar-refractivity contribution in [1.82, 2.24) is 24.7 Å². The molecule has 4 rings (SSSR count). The minimum absolute atomic E-state index is 0.103. The molecule has 0 radical (unpaired) electrons. The fourth-order valence-electron chi connectivity index (χ4n) is 4.00. The lowest BCUT2D eigenvalue weighted by Crippen LogP contribution is -2.51. The lowest BCUT2D eigenvalue weighted by atomic mass is 10.1. The van der Waals surface area contributed by atoms with Crippen molar-refractivity contribution in [2.24, 2.45) is 0 Å². The third-order valence-electron chi connectivity index (χ3n) is 5.75. The number of carbonyl (C=O) groups excluding carboxylic acids is 1. The van der Waals surface area contributed by atoms with Gasteiger partial charge in [-0.3, -0.25) is 9.88 Å². The van der Waals surface area contributed by atoms with E-state index in [2.05, 4.69) is 44.0 Å². The highest BCUT2D eigenvalue weighted by Crippen LogP contribution is 2.21. The number of benzene rings is 1. The molecule has 0 aliphatic carbocycles. The molecule has 0 bridgehead atoms. The molecule has 1 aromatic carbocycles. The summed E-state index contributed by atoms with van der Waals surface area (Å²) >= 11 is 0. The van der Waals surface area contributed by atoms with Crippen LogP contribution in [0.3, 0.4) is 0 Å². The van der Waals surface area contributed by atoms with E-state index in [0.29, 0.717) is 0 Å². The molecular weight excluding hydrogens is 364 g/mol. The van der Waals surface area contributed by atoms with Gasteiger partial charge in [0.2, 0.25) is 0 Å². The highest BCUT2D eigenvalue weighted by atomic mass is 16.2. The van der Waals surface area contributed by atoms with E-state index in [1.807, 2.05) is 17.3 Å². The molecule has 2 fully saturated rings. The predicted molar refractivity (Wildman–Crippen MR) is 115 cm³/mol. The van der Waals surface area contributed by atoms with E-state index in [1.54, 1.807) is 19.0 Å². The molecule has 2 aliphatic rings. The Labute approximate surface area is 172 Å². The maximum Gasteiger partial charge on any atom is 0.319 e. The number of hydrogen-bond acceptors (Lipinski definition) is 5. The minimum atomic E-state index is 0.103. The van der Waals surface area contributed by atoms with Crippen molar-refractivity contribution < 1.29 is 4.79 Å². The summed E-state index contributed by atoms with van der Waals surface area (Å²) in [4.78, 5) is 29.5. The second kappa shape index (κ2) is 8.78. The lowest BCUT2D eigenvalue weighted by Gasteiger charge is -2.36. The zero-order valence-corrected chi connectivity index (χ0v) is 17.4. The second-order valence-electron chi connectivity index (χ2n) is 8.09. The second-order valence-corrected chi connectivity index (χ2v) is 8.09. The first kappa shape index (κ1) is 19.6. The Morgan fingerprint density at radius 1 is 0.931 bits per heavy atom. The summed E-state index contributed by atoms with van der Waals surface area (Å²) in [6.07, 6.45) is 6.25. The molecule has 7 heteroatoms. The van der Waals surface area contributed by atoms with Crippen LogP contribution in [0.5, 0.6) is 0 Å². The van der Waals surface area contributed by atoms with Crippen LogP contribution < -0.4 is 4.90 Å². The van der Waals surface area contributed by atoms with Crippen molar-refractivity contribution in [1.29, 1.82) is 0 Å². The molecular formula is C22H30N6O. The van der Waals surface area contributed by atoms with Crippen LogP contribution in [0.1, 0.15) is 18.4 Å². The van der Waals surface area contributed by atoms with E-state index in [0.717, 1.165) is 62.9 Å². The van der Waals surface area contributed by atoms with Gasteiger partial charge in [-0.15, -0.1) is 0 Å². The standard InChI is InChI=1S/C22H30N6O/c1-25(2)22(29)28-13-11-26(12-14-28)17-18-5-7-19(8-6-18)20-15-24-21(16-23-20)27-9-3-4-10-27/h5-8,15-16H,3-4,9-14,17H2,1-2H3. The Bertz CT molecular complexity index is 806. The van der Waals surface area contributed by atoms with Gasteiger partial charge in [0.25, 0.3) is 0 Å². The van der Waals surface area contributed by atoms with Crippen LogP contribution in [0.2, 0.25) is 0 Å². The summed E-state index contributed by atoms with van der Waals surface area (Å²) in [6.45, 7) is 6.46. The van der Waals surface area contributed by atoms with Crippen LogP contribution in [0.4, 0.5) is 10.6 Å². The summed E-state index contributed by atoms with van der Waals surface area (Å²) in [6, 6.07) is 8.69. The minimum Gasteiger partial charge on any atom is -0.355 e. The Kier molecular flexibility index (Phi) is 5.94. The highest BCUT2D eigenvalue weighted by molar-refractivity contribution is 5.73. The van der Waals surface area contributed by atoms with Crippen molar-refractivity contribution in [2.75, 3.05) is 58.3 Å². The molecule has 0 unspecified atom stereocenters. The molecule has 3 heterocycles. The van der Waals surface area contributed by atoms with E-state index in [9.17, 15) is 4.79 Å². The summed E-state index contributed by atoms with van der Waals surface area (Å²) < 4.78 is 0. The fourth-order valence-corrected chi connectivity index (χ4v) is 4.00. The number of nitrogens with zero attached hydrogens (tertiary/aromatic N) is 6. The number of aromatic nitrogens is 2. The lowest BCUT2D eigenvalue weighted by molar-refractivity contribution is 0.120. The smallest absolute Gasteiger partial charge is 0.319 e. The summed E-state index contributed by atoms with van der Waals surface area (Å²) in [5.41, 5.74) is 3.29. The van der Waals surface area contributed by atoms with Crippen LogP contribution in [-0.4, -0.2) is 84.1 Å². The first-order chi connectivity index (χ1) is 14.1. The van der Waals surface area contributed by atoms with Crippen molar-refractivity contribution in [3.63, 3.8) is 0 Å². The maximum atomic E-state index is 12.1. The average molecular weight is 395 g/mol. The molecule has 2 aliphatic heterocycles. The van der Waals surface area contributed by atoms with Gasteiger partial charge < -0.3 is 14.7 Å². The monoisotopic (exact) mass is 394 g/mol. The van der Waals surface area contributed by atoms with Crippen molar-refractivity contribution in [2.45, 2.75) is 19.4 Å². The number of piperazine rings is 1. The Balaban J connectivity index is 1.32. The van der Waals surface area contributed by atoms with E-state index < -0.39 is 0 Å². The van der Waals surface area contributed by atoms with Crippen molar-refractivity contribution >= 4 is 11.8 Å². The quantitative estimate of drug-likeness (QED) is 0.798. The molecule has 1 aromatic heterocycles. The Morgan fingerprint density at radius 2 is 1.62 bits per heavy atom. The van der Waals surface area contributed by atoms with Gasteiger partial charge in [-0.2, -0.15) is 0 Å². The Morgan fingerprint density at radius 3 is 2.21 bits per heavy atom. The normalized spacial score (nSPS) is 17.6. The van der Waals surface area contributed by atoms with Crippen molar-refractivity contribution in [3.8, 4) is 11.3 Å². The first-order valence-corrected chi connectivity index (χ1v) is 10.4. The van der Waals surface area contributed by atoms with Gasteiger partial charge in [-0.05, 0) is 18.4 Å². The summed E-state index contributed by atoms with van der Waals surface area (Å²) in [7, 11) is 3.61. The molecule has 0 N–H and O–H groups in total. The van der Waals surface area contributed by atoms with Crippen LogP contribution in [0, 0.1) is 0 Å². The molecule has 154 valence electrons. The largest absolute Gasteiger partial charge is 0.355 e. The summed E-state index contributed by atoms with van der Waals surface area (Å²) in [5.74, 6) is 0.981. The third-order valence-corrected chi connectivity index (χ3v) is 5.75. The molecule has 0 atom stereocenters. The molecule has 2 amide bonds. The van der Waals surface area contributed by atoms with E-state index in [4.69, 9.17) is 0 Å². The summed E-state index contributed by atoms with van der Waals surface area (Å²) in [5, 5.41) is 0. The topological polar surface area (TPSA) is 55.8 Å². The van der Waals surface area contributed by atoms with E-state index >= 15 is 0 Å². The molecule has 0 saturated carbocycles. The Hall–Kier alpha value is -2.67. The average Bonchev–Trinajstić information content (AvgIpc) is 3.29. The van der Waals surface area contributed by atoms with Gasteiger partial charge in [0.05, 0.1) is 18.1 Å². The van der Waals surface area contributed by atoms with Gasteiger partial charge >= 0.3 is 6.03 Å². The number of rotatable bonds is 4. The number of anilines is 1. The van der Waals surface area contributed by atoms with Gasteiger partial charge in [0.15, 0.2) is 0 Å². The van der Waals surface area contributed by atoms with E-state index in [-0.39, 0.29) is 6.03 Å².